The molecule has 2 amide bonds. The molecule has 2 aromatic carbocycles. The minimum atomic E-state index is -4.61. The maximum absolute atomic E-state index is 13.6. The number of nitrogens with zero attached hydrogens (tertiary/aromatic N) is 2. The van der Waals surface area contributed by atoms with E-state index in [0.717, 1.165) is 30.0 Å². The second-order valence-corrected chi connectivity index (χ2v) is 6.93. The Morgan fingerprint density at radius 1 is 1.03 bits per heavy atom. The van der Waals surface area contributed by atoms with Crippen LogP contribution in [-0.4, -0.2) is 27.8 Å². The number of halogens is 4. The first kappa shape index (κ1) is 22.3. The van der Waals surface area contributed by atoms with Crippen molar-refractivity contribution in [3.8, 4) is 0 Å². The molecular formula is C19H14F4N4O3S. The summed E-state index contributed by atoms with van der Waals surface area (Å²) in [6.45, 7) is -0.175. The Morgan fingerprint density at radius 3 is 2.48 bits per heavy atom. The molecule has 0 bridgehead atoms. The topological polar surface area (TPSA) is 97.1 Å². The van der Waals surface area contributed by atoms with Gasteiger partial charge in [-0.25, -0.2) is 4.39 Å². The van der Waals surface area contributed by atoms with Gasteiger partial charge in [0.25, 0.3) is 11.1 Å². The lowest BCUT2D eigenvalue weighted by Gasteiger charge is -2.13. The lowest BCUT2D eigenvalue weighted by atomic mass is 10.1. The fourth-order valence-corrected chi connectivity index (χ4v) is 3.00. The number of hydrogen-bond donors (Lipinski definition) is 2. The van der Waals surface area contributed by atoms with Crippen molar-refractivity contribution in [2.45, 2.75) is 17.9 Å². The number of carbonyl (C=O) groups excluding carboxylic acids is 2. The van der Waals surface area contributed by atoms with Crippen LogP contribution >= 0.6 is 11.8 Å². The van der Waals surface area contributed by atoms with Crippen LogP contribution in [0.4, 0.5) is 23.2 Å². The van der Waals surface area contributed by atoms with Gasteiger partial charge in [-0.05, 0) is 24.3 Å². The van der Waals surface area contributed by atoms with E-state index in [2.05, 4.69) is 20.8 Å². The summed E-state index contributed by atoms with van der Waals surface area (Å²) in [7, 11) is 0. The van der Waals surface area contributed by atoms with Crippen molar-refractivity contribution < 1.29 is 31.6 Å². The van der Waals surface area contributed by atoms with Crippen LogP contribution in [0, 0.1) is 5.82 Å². The normalized spacial score (nSPS) is 11.2. The number of nitrogens with one attached hydrogen (secondary N) is 2. The molecule has 0 unspecified atom stereocenters. The number of amides is 2. The molecule has 0 aliphatic heterocycles. The number of carbonyl (C=O) groups is 2. The van der Waals surface area contributed by atoms with Gasteiger partial charge < -0.3 is 15.1 Å². The van der Waals surface area contributed by atoms with Gasteiger partial charge in [-0.1, -0.05) is 36.0 Å². The van der Waals surface area contributed by atoms with Gasteiger partial charge >= 0.3 is 6.18 Å². The second-order valence-electron chi connectivity index (χ2n) is 6.00. The Labute approximate surface area is 177 Å². The first-order chi connectivity index (χ1) is 14.7. The minimum Gasteiger partial charge on any atom is -0.414 e. The maximum Gasteiger partial charge on any atom is 0.418 e. The van der Waals surface area contributed by atoms with E-state index in [1.54, 1.807) is 0 Å². The summed E-state index contributed by atoms with van der Waals surface area (Å²) < 4.78 is 57.7. The lowest BCUT2D eigenvalue weighted by Crippen LogP contribution is -2.23. The summed E-state index contributed by atoms with van der Waals surface area (Å²) >= 11 is 0.809. The highest BCUT2D eigenvalue weighted by atomic mass is 32.2. The van der Waals surface area contributed by atoms with Crippen molar-refractivity contribution in [1.29, 1.82) is 0 Å². The predicted molar refractivity (Wildman–Crippen MR) is 103 cm³/mol. The number of aromatic nitrogens is 2. The number of benzene rings is 2. The maximum atomic E-state index is 13.6. The van der Waals surface area contributed by atoms with E-state index in [0.29, 0.717) is 0 Å². The molecule has 0 aliphatic rings. The van der Waals surface area contributed by atoms with Crippen LogP contribution in [0.15, 0.2) is 58.2 Å². The van der Waals surface area contributed by atoms with Gasteiger partial charge in [0.1, 0.15) is 5.82 Å². The third-order valence-corrected chi connectivity index (χ3v) is 4.62. The highest BCUT2D eigenvalue weighted by molar-refractivity contribution is 7.99. The Bertz CT molecular complexity index is 1090. The van der Waals surface area contributed by atoms with E-state index >= 15 is 0 Å². The lowest BCUT2D eigenvalue weighted by molar-refractivity contribution is -0.137. The van der Waals surface area contributed by atoms with Crippen molar-refractivity contribution in [2.24, 2.45) is 0 Å². The number of hydrogen-bond acceptors (Lipinski definition) is 6. The SMILES string of the molecule is O=C(CSc1nnc(CNC(=O)c2ccccc2F)o1)Nc1ccccc1C(F)(F)F. The van der Waals surface area contributed by atoms with Gasteiger partial charge in [0.15, 0.2) is 0 Å². The predicted octanol–water partition coefficient (Wildman–Crippen LogP) is 3.89. The van der Waals surface area contributed by atoms with Crippen molar-refractivity contribution in [3.63, 3.8) is 0 Å². The number of rotatable bonds is 7. The third kappa shape index (κ3) is 6.04. The van der Waals surface area contributed by atoms with Crippen molar-refractivity contribution in [3.05, 3.63) is 71.4 Å². The molecule has 162 valence electrons. The van der Waals surface area contributed by atoms with Crippen LogP contribution < -0.4 is 10.6 Å². The highest BCUT2D eigenvalue weighted by Crippen LogP contribution is 2.34. The molecule has 0 radical (unpaired) electrons. The Balaban J connectivity index is 1.51. The molecule has 0 fully saturated rings. The molecule has 31 heavy (non-hydrogen) atoms. The van der Waals surface area contributed by atoms with Gasteiger partial charge in [0.05, 0.1) is 29.1 Å². The summed E-state index contributed by atoms with van der Waals surface area (Å²) in [6.07, 6.45) is -4.61. The number of para-hydroxylation sites is 1. The zero-order valence-corrected chi connectivity index (χ0v) is 16.4. The molecule has 3 rings (SSSR count). The summed E-state index contributed by atoms with van der Waals surface area (Å²) in [5.41, 5.74) is -1.46. The molecule has 0 spiro atoms. The first-order valence-corrected chi connectivity index (χ1v) is 9.66. The van der Waals surface area contributed by atoms with Gasteiger partial charge in [-0.15, -0.1) is 10.2 Å². The Hall–Kier alpha value is -3.41. The molecule has 0 aliphatic carbocycles. The fraction of sp³-hybridized carbons (Fsp3) is 0.158. The fourth-order valence-electron chi connectivity index (χ4n) is 2.42. The zero-order valence-electron chi connectivity index (χ0n) is 15.6. The van der Waals surface area contributed by atoms with Crippen molar-refractivity contribution in [2.75, 3.05) is 11.1 Å². The monoisotopic (exact) mass is 454 g/mol. The molecule has 7 nitrogen and oxygen atoms in total. The van der Waals surface area contributed by atoms with E-state index < -0.39 is 29.4 Å². The van der Waals surface area contributed by atoms with E-state index in [1.165, 1.54) is 30.3 Å². The number of thioether (sulfide) groups is 1. The molecule has 3 aromatic rings. The van der Waals surface area contributed by atoms with E-state index in [1.807, 2.05) is 0 Å². The van der Waals surface area contributed by atoms with E-state index in [9.17, 15) is 27.2 Å². The van der Waals surface area contributed by atoms with Crippen molar-refractivity contribution >= 4 is 29.3 Å². The molecule has 1 aromatic heterocycles. The summed E-state index contributed by atoms with van der Waals surface area (Å²) in [5.74, 6) is -2.33. The van der Waals surface area contributed by atoms with Crippen LogP contribution in [0.1, 0.15) is 21.8 Å². The van der Waals surface area contributed by atoms with E-state index in [4.69, 9.17) is 4.42 Å². The third-order valence-electron chi connectivity index (χ3n) is 3.80. The molecule has 0 saturated carbocycles. The van der Waals surface area contributed by atoms with Gasteiger partial charge in [0.2, 0.25) is 11.8 Å². The van der Waals surface area contributed by atoms with Crippen LogP contribution in [0.25, 0.3) is 0 Å². The summed E-state index contributed by atoms with van der Waals surface area (Å²) in [4.78, 5) is 23.9. The summed E-state index contributed by atoms with van der Waals surface area (Å²) in [6, 6.07) is 10.0. The largest absolute Gasteiger partial charge is 0.418 e. The average Bonchev–Trinajstić information content (AvgIpc) is 3.18. The van der Waals surface area contributed by atoms with Gasteiger partial charge in [-0.3, -0.25) is 9.59 Å². The standard InChI is InChI=1S/C19H14F4N4O3S/c20-13-7-3-1-5-11(13)17(29)24-9-16-26-27-18(30-16)31-10-15(28)25-14-8-4-2-6-12(14)19(21,22)23/h1-8H,9-10H2,(H,24,29)(H,25,28). The number of alkyl halides is 3. The van der Waals surface area contributed by atoms with Crippen LogP contribution in [-0.2, 0) is 17.5 Å². The Morgan fingerprint density at radius 2 is 1.74 bits per heavy atom. The van der Waals surface area contributed by atoms with Crippen LogP contribution in [0.3, 0.4) is 0 Å². The zero-order chi connectivity index (χ0) is 22.4. The smallest absolute Gasteiger partial charge is 0.414 e. The molecule has 2 N–H and O–H groups in total. The Kier molecular flexibility index (Phi) is 6.90. The minimum absolute atomic E-state index is 0.00927. The molecule has 1 heterocycles. The van der Waals surface area contributed by atoms with Crippen molar-refractivity contribution in [1.82, 2.24) is 15.5 Å². The molecular weight excluding hydrogens is 440 g/mol. The molecule has 0 atom stereocenters. The quantitative estimate of drug-likeness (QED) is 0.415. The molecule has 12 heteroatoms. The van der Waals surface area contributed by atoms with Gasteiger partial charge in [0, 0.05) is 0 Å². The highest BCUT2D eigenvalue weighted by Gasteiger charge is 2.33. The summed E-state index contributed by atoms with van der Waals surface area (Å²) in [5, 5.41) is 12.0. The van der Waals surface area contributed by atoms with E-state index in [-0.39, 0.29) is 34.7 Å². The average molecular weight is 454 g/mol. The van der Waals surface area contributed by atoms with Crippen LogP contribution in [0.5, 0.6) is 0 Å². The molecule has 0 saturated heterocycles. The second kappa shape index (κ2) is 9.60. The van der Waals surface area contributed by atoms with Crippen LogP contribution in [0.2, 0.25) is 0 Å². The van der Waals surface area contributed by atoms with Gasteiger partial charge in [-0.2, -0.15) is 13.2 Å². The number of anilines is 1. The first-order valence-electron chi connectivity index (χ1n) is 8.68.